The largest absolute Gasteiger partial charge is 0.311 e. The van der Waals surface area contributed by atoms with Crippen molar-refractivity contribution >= 4 is 79.0 Å². The van der Waals surface area contributed by atoms with Gasteiger partial charge in [0.2, 0.25) is 0 Å². The van der Waals surface area contributed by atoms with Crippen molar-refractivity contribution in [3.8, 4) is 96.0 Å². The van der Waals surface area contributed by atoms with Crippen molar-refractivity contribution in [1.29, 1.82) is 0 Å². The summed E-state index contributed by atoms with van der Waals surface area (Å²) in [4.78, 5) is 32.0. The van der Waals surface area contributed by atoms with Gasteiger partial charge in [-0.2, -0.15) is 0 Å². The lowest BCUT2D eigenvalue weighted by molar-refractivity contribution is 0.661. The summed E-state index contributed by atoms with van der Waals surface area (Å²) in [6.07, 6.45) is 0. The first-order valence-corrected chi connectivity index (χ1v) is 33.2. The minimum absolute atomic E-state index is 0.0456. The molecule has 97 heavy (non-hydrogen) atoms. The van der Waals surface area contributed by atoms with Gasteiger partial charge in [-0.05, 0) is 147 Å². The molecule has 0 radical (unpaired) electrons. The minimum atomic E-state index is -0.236. The van der Waals surface area contributed by atoms with E-state index in [9.17, 15) is 0 Å². The number of para-hydroxylation sites is 4. The van der Waals surface area contributed by atoms with Gasteiger partial charge in [0.15, 0.2) is 23.3 Å². The van der Waals surface area contributed by atoms with Crippen LogP contribution < -0.4 is 26.2 Å². The Morgan fingerprint density at radius 2 is 0.784 bits per heavy atom. The summed E-state index contributed by atoms with van der Waals surface area (Å²) in [5.74, 6) is 2.26. The van der Waals surface area contributed by atoms with Crippen LogP contribution in [0.2, 0.25) is 0 Å². The number of benzene rings is 13. The molecule has 0 unspecified atom stereocenters. The lowest BCUT2D eigenvalue weighted by atomic mass is 9.33. The van der Waals surface area contributed by atoms with Crippen molar-refractivity contribution in [3.05, 3.63) is 333 Å². The Balaban J connectivity index is 0.794. The van der Waals surface area contributed by atoms with Gasteiger partial charge in [0, 0.05) is 83.7 Å². The SMILES string of the molecule is CC1(C)c2ccccc2-c2cc3c4ccccc4n(-c4ccc(-c5nc(-c6ccccc6)nc(-c6ccccc6)n5)cc4-c4nc(-c5ccccc5)cc(-c5cccc(-c6cccc(N7c8ccccc8B8c9ccccc9N(c9ccccc9)c9cccc7c98)c6)c5)n4)c3cc21. The van der Waals surface area contributed by atoms with Crippen molar-refractivity contribution in [1.82, 2.24) is 29.5 Å². The third-order valence-corrected chi connectivity index (χ3v) is 20.0. The van der Waals surface area contributed by atoms with Crippen LogP contribution in [-0.2, 0) is 5.41 Å². The van der Waals surface area contributed by atoms with Crippen LogP contribution in [0.1, 0.15) is 25.0 Å². The summed E-state index contributed by atoms with van der Waals surface area (Å²) in [5, 5.41) is 2.33. The predicted molar refractivity (Wildman–Crippen MR) is 399 cm³/mol. The van der Waals surface area contributed by atoms with Crippen molar-refractivity contribution in [2.45, 2.75) is 19.3 Å². The molecule has 0 atom stereocenters. The number of anilines is 6. The Kier molecular flexibility index (Phi) is 12.9. The number of fused-ring (bicyclic) bond motifs is 10. The van der Waals surface area contributed by atoms with Gasteiger partial charge in [-0.3, -0.25) is 0 Å². The Hall–Kier alpha value is -12.6. The number of rotatable bonds is 10. The van der Waals surface area contributed by atoms with Crippen LogP contribution >= 0.6 is 0 Å². The Morgan fingerprint density at radius 1 is 0.278 bits per heavy atom. The van der Waals surface area contributed by atoms with Crippen LogP contribution in [-0.4, -0.2) is 36.2 Å². The second-order valence-corrected chi connectivity index (χ2v) is 25.9. The highest BCUT2D eigenvalue weighted by Crippen LogP contribution is 2.52. The Morgan fingerprint density at radius 3 is 1.47 bits per heavy atom. The molecule has 0 saturated heterocycles. The highest BCUT2D eigenvalue weighted by molar-refractivity contribution is 7.00. The molecule has 3 aromatic heterocycles. The normalized spacial score (nSPS) is 13.1. The molecule has 16 aromatic rings. The monoisotopic (exact) mass is 1240 g/mol. The average molecular weight is 1240 g/mol. The molecule has 5 heterocycles. The van der Waals surface area contributed by atoms with E-state index in [1.54, 1.807) is 0 Å². The Labute approximate surface area is 562 Å². The van der Waals surface area contributed by atoms with Gasteiger partial charge in [0.05, 0.1) is 28.1 Å². The lowest BCUT2D eigenvalue weighted by Gasteiger charge is -2.44. The van der Waals surface area contributed by atoms with Crippen molar-refractivity contribution in [3.63, 3.8) is 0 Å². The lowest BCUT2D eigenvalue weighted by Crippen LogP contribution is -2.61. The first-order valence-electron chi connectivity index (χ1n) is 33.2. The van der Waals surface area contributed by atoms with Crippen molar-refractivity contribution in [2.24, 2.45) is 0 Å². The van der Waals surface area contributed by atoms with Gasteiger partial charge in [-0.15, -0.1) is 0 Å². The molecule has 13 aromatic carbocycles. The minimum Gasteiger partial charge on any atom is -0.311 e. The van der Waals surface area contributed by atoms with E-state index in [1.165, 1.54) is 61.1 Å². The molecular weight excluding hydrogens is 1180 g/mol. The zero-order chi connectivity index (χ0) is 64.3. The van der Waals surface area contributed by atoms with E-state index in [4.69, 9.17) is 24.9 Å². The van der Waals surface area contributed by atoms with E-state index >= 15 is 0 Å². The molecule has 454 valence electrons. The van der Waals surface area contributed by atoms with E-state index < -0.39 is 0 Å². The van der Waals surface area contributed by atoms with E-state index in [-0.39, 0.29) is 12.1 Å². The zero-order valence-corrected chi connectivity index (χ0v) is 53.3. The molecule has 3 aliphatic rings. The second kappa shape index (κ2) is 22.3. The summed E-state index contributed by atoms with van der Waals surface area (Å²) >= 11 is 0. The summed E-state index contributed by atoms with van der Waals surface area (Å²) in [5.41, 5.74) is 27.9. The van der Waals surface area contributed by atoms with Gasteiger partial charge >= 0.3 is 0 Å². The smallest absolute Gasteiger partial charge is 0.252 e. The van der Waals surface area contributed by atoms with Crippen LogP contribution in [0.5, 0.6) is 0 Å². The molecule has 0 fully saturated rings. The van der Waals surface area contributed by atoms with Gasteiger partial charge in [0.25, 0.3) is 6.71 Å². The standard InChI is InChI=1S/C88H59BN8/c1-88(2)70-40-17-15-38-65(70)67-53-68-66-39-16-20-43-76(66)97(82(68)54-71(67)88)77-49-48-62(86-93-84(57-28-9-4-10-29-57)92-85(94-86)58-30-11-5-12-31-58)52-69(77)87-90-74(56-26-7-3-8-27-56)55-75(91-87)61-34-23-32-59(50-61)60-33-24-37-64(51-60)96-79-45-22-19-42-73(79)89-72-41-18-21-44-78(72)95(63-35-13-6-14-36-63)80-46-25-47-81(96)83(80)89/h3-55H,1-2H3. The van der Waals surface area contributed by atoms with E-state index in [0.29, 0.717) is 23.3 Å². The summed E-state index contributed by atoms with van der Waals surface area (Å²) in [6.45, 7) is 4.75. The fraction of sp³-hybridized carbons (Fsp3) is 0.0341. The number of hydrogen-bond donors (Lipinski definition) is 0. The molecule has 8 nitrogen and oxygen atoms in total. The van der Waals surface area contributed by atoms with Crippen LogP contribution in [0.4, 0.5) is 34.1 Å². The highest BCUT2D eigenvalue weighted by Gasteiger charge is 2.43. The molecule has 9 heteroatoms. The maximum Gasteiger partial charge on any atom is 0.252 e. The van der Waals surface area contributed by atoms with E-state index in [0.717, 1.165) is 95.1 Å². The summed E-state index contributed by atoms with van der Waals surface area (Å²) in [7, 11) is 0. The molecule has 0 bridgehead atoms. The van der Waals surface area contributed by atoms with Gasteiger partial charge in [-0.25, -0.2) is 24.9 Å². The highest BCUT2D eigenvalue weighted by atomic mass is 15.2. The zero-order valence-electron chi connectivity index (χ0n) is 53.3. The molecular formula is C88H59BN8. The summed E-state index contributed by atoms with van der Waals surface area (Å²) < 4.78 is 2.43. The predicted octanol–water partition coefficient (Wildman–Crippen LogP) is 19.8. The van der Waals surface area contributed by atoms with Gasteiger partial charge in [-0.1, -0.05) is 238 Å². The fourth-order valence-corrected chi connectivity index (χ4v) is 15.5. The van der Waals surface area contributed by atoms with Crippen LogP contribution in [0.3, 0.4) is 0 Å². The molecule has 2 aliphatic heterocycles. The molecule has 19 rings (SSSR count). The van der Waals surface area contributed by atoms with E-state index in [1.807, 2.05) is 60.7 Å². The maximum absolute atomic E-state index is 5.76. The van der Waals surface area contributed by atoms with E-state index in [2.05, 4.69) is 289 Å². The van der Waals surface area contributed by atoms with Crippen LogP contribution in [0.15, 0.2) is 322 Å². The van der Waals surface area contributed by atoms with Crippen LogP contribution in [0.25, 0.3) is 118 Å². The first kappa shape index (κ1) is 56.0. The fourth-order valence-electron chi connectivity index (χ4n) is 15.5. The quantitative estimate of drug-likeness (QED) is 0.126. The molecule has 1 aliphatic carbocycles. The number of nitrogens with zero attached hydrogens (tertiary/aromatic N) is 8. The Bertz CT molecular complexity index is 5770. The van der Waals surface area contributed by atoms with Gasteiger partial charge < -0.3 is 14.4 Å². The van der Waals surface area contributed by atoms with Gasteiger partial charge in [0.1, 0.15) is 0 Å². The number of aromatic nitrogens is 6. The molecule has 0 saturated carbocycles. The first-order chi connectivity index (χ1) is 47.9. The third kappa shape index (κ3) is 9.11. The van der Waals surface area contributed by atoms with Crippen molar-refractivity contribution in [2.75, 3.05) is 9.80 Å². The third-order valence-electron chi connectivity index (χ3n) is 20.0. The van der Waals surface area contributed by atoms with Crippen molar-refractivity contribution < 1.29 is 0 Å². The molecule has 0 N–H and O–H groups in total. The number of hydrogen-bond acceptors (Lipinski definition) is 7. The average Bonchev–Trinajstić information content (AvgIpc) is 0.912. The second-order valence-electron chi connectivity index (χ2n) is 25.9. The topological polar surface area (TPSA) is 75.9 Å². The van der Waals surface area contributed by atoms with Crippen LogP contribution in [0, 0.1) is 0 Å². The summed E-state index contributed by atoms with van der Waals surface area (Å²) in [6, 6.07) is 115. The molecule has 0 amide bonds. The maximum atomic E-state index is 5.76. The molecule has 0 spiro atoms.